The highest BCUT2D eigenvalue weighted by atomic mass is 14.6. The van der Waals surface area contributed by atoms with Crippen molar-refractivity contribution in [3.05, 3.63) is 0 Å². The van der Waals surface area contributed by atoms with E-state index in [0.717, 1.165) is 5.92 Å². The van der Waals surface area contributed by atoms with E-state index in [-0.39, 0.29) is 0 Å². The van der Waals surface area contributed by atoms with Crippen LogP contribution in [0.25, 0.3) is 0 Å². The molecule has 0 bridgehead atoms. The first-order valence-electron chi connectivity index (χ1n) is 6.08. The van der Waals surface area contributed by atoms with E-state index in [4.69, 9.17) is 5.73 Å². The summed E-state index contributed by atoms with van der Waals surface area (Å²) < 4.78 is 0. The van der Waals surface area contributed by atoms with Gasteiger partial charge in [0.25, 0.3) is 0 Å². The molecule has 0 amide bonds. The van der Waals surface area contributed by atoms with E-state index < -0.39 is 0 Å². The largest absolute Gasteiger partial charge is 0.328 e. The SMILES string of the molecule is CCCC[C@H](N)CC1CCCCC1. The Morgan fingerprint density at radius 2 is 1.92 bits per heavy atom. The number of unbranched alkanes of at least 4 members (excludes halogenated alkanes) is 1. The van der Waals surface area contributed by atoms with Crippen molar-refractivity contribution in [1.29, 1.82) is 0 Å². The van der Waals surface area contributed by atoms with Crippen molar-refractivity contribution in [2.24, 2.45) is 11.7 Å². The summed E-state index contributed by atoms with van der Waals surface area (Å²) in [4.78, 5) is 0. The number of hydrogen-bond acceptors (Lipinski definition) is 1. The molecule has 13 heavy (non-hydrogen) atoms. The molecule has 0 unspecified atom stereocenters. The summed E-state index contributed by atoms with van der Waals surface area (Å²) >= 11 is 0. The normalized spacial score (nSPS) is 21.7. The summed E-state index contributed by atoms with van der Waals surface area (Å²) in [5, 5.41) is 0. The van der Waals surface area contributed by atoms with Crippen LogP contribution in [0.15, 0.2) is 0 Å². The fourth-order valence-corrected chi connectivity index (χ4v) is 2.44. The Kier molecular flexibility index (Phi) is 5.45. The van der Waals surface area contributed by atoms with Gasteiger partial charge in [-0.25, -0.2) is 0 Å². The lowest BCUT2D eigenvalue weighted by atomic mass is 9.84. The highest BCUT2D eigenvalue weighted by molar-refractivity contribution is 4.71. The highest BCUT2D eigenvalue weighted by Crippen LogP contribution is 2.27. The lowest BCUT2D eigenvalue weighted by Crippen LogP contribution is -2.24. The first-order valence-corrected chi connectivity index (χ1v) is 6.08. The van der Waals surface area contributed by atoms with Crippen molar-refractivity contribution in [2.75, 3.05) is 0 Å². The maximum Gasteiger partial charge on any atom is 0.00414 e. The van der Waals surface area contributed by atoms with Crippen molar-refractivity contribution in [3.63, 3.8) is 0 Å². The molecule has 0 aromatic heterocycles. The summed E-state index contributed by atoms with van der Waals surface area (Å²) in [5.41, 5.74) is 6.09. The molecule has 1 rings (SSSR count). The minimum absolute atomic E-state index is 0.489. The maximum atomic E-state index is 6.09. The van der Waals surface area contributed by atoms with E-state index in [2.05, 4.69) is 6.92 Å². The van der Waals surface area contributed by atoms with Crippen molar-refractivity contribution >= 4 is 0 Å². The van der Waals surface area contributed by atoms with Crippen molar-refractivity contribution in [1.82, 2.24) is 0 Å². The molecule has 1 aliphatic carbocycles. The number of nitrogens with two attached hydrogens (primary N) is 1. The van der Waals surface area contributed by atoms with Gasteiger partial charge in [-0.2, -0.15) is 0 Å². The first kappa shape index (κ1) is 11.0. The van der Waals surface area contributed by atoms with Crippen LogP contribution in [-0.4, -0.2) is 6.04 Å². The van der Waals surface area contributed by atoms with E-state index >= 15 is 0 Å². The van der Waals surface area contributed by atoms with Crippen LogP contribution in [0.5, 0.6) is 0 Å². The Morgan fingerprint density at radius 3 is 2.54 bits per heavy atom. The third-order valence-corrected chi connectivity index (χ3v) is 3.29. The van der Waals surface area contributed by atoms with Crippen LogP contribution < -0.4 is 5.73 Å². The highest BCUT2D eigenvalue weighted by Gasteiger charge is 2.16. The smallest absolute Gasteiger partial charge is 0.00414 e. The Balaban J connectivity index is 2.07. The van der Waals surface area contributed by atoms with Crippen LogP contribution >= 0.6 is 0 Å². The molecule has 0 heterocycles. The second-order valence-corrected chi connectivity index (χ2v) is 4.64. The fourth-order valence-electron chi connectivity index (χ4n) is 2.44. The number of rotatable bonds is 5. The molecule has 0 aromatic carbocycles. The Morgan fingerprint density at radius 1 is 1.23 bits per heavy atom. The van der Waals surface area contributed by atoms with Gasteiger partial charge in [0, 0.05) is 6.04 Å². The average molecular weight is 183 g/mol. The van der Waals surface area contributed by atoms with Gasteiger partial charge < -0.3 is 5.73 Å². The zero-order chi connectivity index (χ0) is 9.52. The Hall–Kier alpha value is -0.0400. The third-order valence-electron chi connectivity index (χ3n) is 3.29. The van der Waals surface area contributed by atoms with Crippen LogP contribution in [0.1, 0.15) is 64.7 Å². The van der Waals surface area contributed by atoms with E-state index in [1.54, 1.807) is 0 Å². The van der Waals surface area contributed by atoms with Gasteiger partial charge in [0.15, 0.2) is 0 Å². The molecule has 0 aromatic rings. The first-order chi connectivity index (χ1) is 6.33. The minimum atomic E-state index is 0.489. The molecule has 1 fully saturated rings. The molecule has 1 aliphatic rings. The van der Waals surface area contributed by atoms with Gasteiger partial charge in [-0.1, -0.05) is 51.9 Å². The molecular formula is C12H25N. The molecule has 78 valence electrons. The predicted octanol–water partition coefficient (Wildman–Crippen LogP) is 3.47. The summed E-state index contributed by atoms with van der Waals surface area (Å²) in [6, 6.07) is 0.489. The molecule has 1 heteroatoms. The van der Waals surface area contributed by atoms with Crippen LogP contribution in [0.4, 0.5) is 0 Å². The van der Waals surface area contributed by atoms with Crippen molar-refractivity contribution in [3.8, 4) is 0 Å². The van der Waals surface area contributed by atoms with Crippen LogP contribution in [0.3, 0.4) is 0 Å². The van der Waals surface area contributed by atoms with Crippen LogP contribution in [-0.2, 0) is 0 Å². The molecule has 2 N–H and O–H groups in total. The van der Waals surface area contributed by atoms with Gasteiger partial charge in [0.05, 0.1) is 0 Å². The van der Waals surface area contributed by atoms with Crippen molar-refractivity contribution < 1.29 is 0 Å². The van der Waals surface area contributed by atoms with E-state index in [1.807, 2.05) is 0 Å². The molecule has 0 spiro atoms. The summed E-state index contributed by atoms with van der Waals surface area (Å²) in [6.07, 6.45) is 12.4. The monoisotopic (exact) mass is 183 g/mol. The van der Waals surface area contributed by atoms with Gasteiger partial charge in [-0.15, -0.1) is 0 Å². The zero-order valence-electron chi connectivity index (χ0n) is 9.10. The fraction of sp³-hybridized carbons (Fsp3) is 1.00. The zero-order valence-corrected chi connectivity index (χ0v) is 9.10. The Bertz CT molecular complexity index is 116. The Labute approximate surface area is 83.1 Å². The molecule has 0 saturated heterocycles. The number of hydrogen-bond donors (Lipinski definition) is 1. The molecule has 0 aliphatic heterocycles. The van der Waals surface area contributed by atoms with E-state index in [9.17, 15) is 0 Å². The molecule has 1 saturated carbocycles. The lowest BCUT2D eigenvalue weighted by Gasteiger charge is -2.24. The lowest BCUT2D eigenvalue weighted by molar-refractivity contribution is 0.310. The van der Waals surface area contributed by atoms with Crippen molar-refractivity contribution in [2.45, 2.75) is 70.8 Å². The van der Waals surface area contributed by atoms with E-state index in [1.165, 1.54) is 57.8 Å². The second-order valence-electron chi connectivity index (χ2n) is 4.64. The van der Waals surface area contributed by atoms with Gasteiger partial charge in [0.1, 0.15) is 0 Å². The molecule has 1 atom stereocenters. The van der Waals surface area contributed by atoms with Gasteiger partial charge in [-0.05, 0) is 18.8 Å². The van der Waals surface area contributed by atoms with Crippen LogP contribution in [0.2, 0.25) is 0 Å². The quantitative estimate of drug-likeness (QED) is 0.694. The van der Waals surface area contributed by atoms with E-state index in [0.29, 0.717) is 6.04 Å². The predicted molar refractivity (Wildman–Crippen MR) is 58.7 cm³/mol. The summed E-state index contributed by atoms with van der Waals surface area (Å²) in [6.45, 7) is 2.24. The standard InChI is InChI=1S/C12H25N/c1-2-3-9-12(13)10-11-7-5-4-6-8-11/h11-12H,2-10,13H2,1H3/t12-/m0/s1. The second kappa shape index (κ2) is 6.42. The van der Waals surface area contributed by atoms with Gasteiger partial charge in [-0.3, -0.25) is 0 Å². The maximum absolute atomic E-state index is 6.09. The van der Waals surface area contributed by atoms with Gasteiger partial charge >= 0.3 is 0 Å². The average Bonchev–Trinajstić information content (AvgIpc) is 2.16. The molecule has 0 radical (unpaired) electrons. The molecule has 1 nitrogen and oxygen atoms in total. The van der Waals surface area contributed by atoms with Crippen LogP contribution in [0, 0.1) is 5.92 Å². The molecular weight excluding hydrogens is 158 g/mol. The summed E-state index contributed by atoms with van der Waals surface area (Å²) in [5.74, 6) is 0.959. The summed E-state index contributed by atoms with van der Waals surface area (Å²) in [7, 11) is 0. The topological polar surface area (TPSA) is 26.0 Å². The third kappa shape index (κ3) is 4.66. The minimum Gasteiger partial charge on any atom is -0.328 e. The van der Waals surface area contributed by atoms with Gasteiger partial charge in [0.2, 0.25) is 0 Å².